The van der Waals surface area contributed by atoms with Gasteiger partial charge >= 0.3 is 12.1 Å². The highest BCUT2D eigenvalue weighted by Crippen LogP contribution is 2.01. The van der Waals surface area contributed by atoms with E-state index in [1.54, 1.807) is 13.8 Å². The van der Waals surface area contributed by atoms with E-state index in [-0.39, 0.29) is 30.5 Å². The number of ether oxygens (including phenoxy) is 2. The molecule has 0 spiro atoms. The maximum absolute atomic E-state index is 11.4. The Morgan fingerprint density at radius 1 is 1.33 bits per heavy atom. The fourth-order valence-corrected chi connectivity index (χ4v) is 1.09. The van der Waals surface area contributed by atoms with Crippen LogP contribution < -0.4 is 0 Å². The molecule has 0 fully saturated rings. The van der Waals surface area contributed by atoms with Gasteiger partial charge in [-0.15, -0.1) is 5.01 Å². The molecule has 0 rings (SSSR count). The Morgan fingerprint density at radius 3 is 2.48 bits per heavy atom. The minimum absolute atomic E-state index is 0.0560. The third-order valence-corrected chi connectivity index (χ3v) is 2.02. The number of hydrazine groups is 1. The molecule has 21 heavy (non-hydrogen) atoms. The Balaban J connectivity index is 4.08. The molecule has 0 aromatic rings. The first-order valence-corrected chi connectivity index (χ1v) is 6.36. The van der Waals surface area contributed by atoms with Crippen LogP contribution in [0.3, 0.4) is 0 Å². The van der Waals surface area contributed by atoms with E-state index < -0.39 is 18.4 Å². The summed E-state index contributed by atoms with van der Waals surface area (Å²) in [7, 11) is 1.42. The molecule has 10 heteroatoms. The van der Waals surface area contributed by atoms with Crippen molar-refractivity contribution in [1.82, 2.24) is 5.01 Å². The van der Waals surface area contributed by atoms with Gasteiger partial charge in [0, 0.05) is 13.3 Å². The monoisotopic (exact) mass is 307 g/mol. The Labute approximate surface area is 122 Å². The normalized spacial score (nSPS) is 12.7. The number of carboxylic acid groups (broad SMARTS) is 1. The van der Waals surface area contributed by atoms with Gasteiger partial charge in [-0.3, -0.25) is 9.63 Å². The van der Waals surface area contributed by atoms with Crippen LogP contribution in [0.4, 0.5) is 4.79 Å². The quantitative estimate of drug-likeness (QED) is 0.223. The molecule has 0 aliphatic rings. The summed E-state index contributed by atoms with van der Waals surface area (Å²) in [5, 5.41) is 24.2. The molecule has 0 saturated heterocycles. The van der Waals surface area contributed by atoms with E-state index in [0.29, 0.717) is 0 Å². The molecule has 122 valence electrons. The van der Waals surface area contributed by atoms with E-state index in [0.717, 1.165) is 5.01 Å². The smallest absolute Gasteiger partial charge is 0.511 e. The molecule has 1 unspecified atom stereocenters. The zero-order valence-electron chi connectivity index (χ0n) is 12.5. The number of aliphatic carboxylic acids is 1. The molecule has 0 bridgehead atoms. The average Bonchev–Trinajstić information content (AvgIpc) is 2.34. The largest absolute Gasteiger partial charge is 0.569 e. The zero-order valence-corrected chi connectivity index (χ0v) is 12.5. The molecule has 0 aromatic carbocycles. The first-order chi connectivity index (χ1) is 9.72. The van der Waals surface area contributed by atoms with E-state index >= 15 is 0 Å². The van der Waals surface area contributed by atoms with E-state index in [1.807, 2.05) is 0 Å². The zero-order chi connectivity index (χ0) is 16.4. The molecule has 0 radical (unpaired) electrons. The van der Waals surface area contributed by atoms with Gasteiger partial charge in [-0.25, -0.2) is 4.79 Å². The maximum atomic E-state index is 11.4. The third-order valence-electron chi connectivity index (χ3n) is 2.02. The van der Waals surface area contributed by atoms with Crippen molar-refractivity contribution in [2.24, 2.45) is 5.28 Å². The van der Waals surface area contributed by atoms with Crippen LogP contribution in [0.15, 0.2) is 5.28 Å². The van der Waals surface area contributed by atoms with Crippen LogP contribution in [0.25, 0.3) is 0 Å². The minimum atomic E-state index is -1.10. The molecular weight excluding hydrogens is 286 g/mol. The predicted octanol–water partition coefficient (Wildman–Crippen LogP) is 1.50. The lowest BCUT2D eigenvalue weighted by atomic mass is 10.3. The van der Waals surface area contributed by atoms with E-state index in [9.17, 15) is 14.8 Å². The standard InChI is InChI=1S/C11H21N3O7/c1-8(2)19-11(17)20-9(3)21-12-14(18)13(4)7-5-6-10(15)16/h8-9H,5-7H2,1-4H3,(H,15,16)/b14-12-. The summed E-state index contributed by atoms with van der Waals surface area (Å²) in [6, 6.07) is 0. The van der Waals surface area contributed by atoms with Crippen molar-refractivity contribution < 1.29 is 34.0 Å². The molecule has 0 aromatic heterocycles. The second kappa shape index (κ2) is 9.61. The summed E-state index contributed by atoms with van der Waals surface area (Å²) in [5.41, 5.74) is 0. The first kappa shape index (κ1) is 18.7. The van der Waals surface area contributed by atoms with Gasteiger partial charge in [0.25, 0.3) is 6.29 Å². The first-order valence-electron chi connectivity index (χ1n) is 6.36. The highest BCUT2D eigenvalue weighted by molar-refractivity contribution is 5.66. The summed E-state index contributed by atoms with van der Waals surface area (Å²) in [6.45, 7) is 4.86. The van der Waals surface area contributed by atoms with Crippen LogP contribution in [0, 0.1) is 5.21 Å². The Kier molecular flexibility index (Phi) is 8.58. The summed E-state index contributed by atoms with van der Waals surface area (Å²) >= 11 is 0. The maximum Gasteiger partial charge on any atom is 0.511 e. The number of nitrogens with zero attached hydrogens (tertiary/aromatic N) is 3. The lowest BCUT2D eigenvalue weighted by Crippen LogP contribution is -2.28. The van der Waals surface area contributed by atoms with Crippen LogP contribution in [0.5, 0.6) is 0 Å². The second-order valence-electron chi connectivity index (χ2n) is 4.42. The summed E-state index contributed by atoms with van der Waals surface area (Å²) in [5.74, 6) is -0.945. The highest BCUT2D eigenvalue weighted by Gasteiger charge is 2.15. The molecule has 0 aliphatic carbocycles. The third kappa shape index (κ3) is 10.2. The van der Waals surface area contributed by atoms with Gasteiger partial charge in [-0.2, -0.15) is 0 Å². The van der Waals surface area contributed by atoms with Gasteiger partial charge in [-0.05, 0) is 20.3 Å². The molecular formula is C11H21N3O7. The van der Waals surface area contributed by atoms with Gasteiger partial charge in [-0.1, -0.05) is 0 Å². The van der Waals surface area contributed by atoms with Gasteiger partial charge in [0.05, 0.1) is 24.7 Å². The van der Waals surface area contributed by atoms with Gasteiger partial charge in [0.1, 0.15) is 0 Å². The predicted molar refractivity (Wildman–Crippen MR) is 68.8 cm³/mol. The molecule has 0 saturated carbocycles. The van der Waals surface area contributed by atoms with Crippen molar-refractivity contribution in [2.45, 2.75) is 46.0 Å². The topological polar surface area (TPSA) is 124 Å². The van der Waals surface area contributed by atoms with Crippen molar-refractivity contribution in [3.05, 3.63) is 5.21 Å². The Bertz CT molecular complexity index is 373. The van der Waals surface area contributed by atoms with Gasteiger partial charge in [0.2, 0.25) is 5.28 Å². The SMILES string of the molecule is CC(C)OC(=O)OC(C)O/N=[N+](\[O-])N(C)CCCC(=O)O. The van der Waals surface area contributed by atoms with Crippen LogP contribution in [0.1, 0.15) is 33.6 Å². The molecule has 0 heterocycles. The van der Waals surface area contributed by atoms with Gasteiger partial charge < -0.3 is 19.8 Å². The molecule has 1 N–H and O–H groups in total. The van der Waals surface area contributed by atoms with Crippen molar-refractivity contribution in [3.8, 4) is 0 Å². The van der Waals surface area contributed by atoms with Crippen LogP contribution in [-0.2, 0) is 19.1 Å². The number of rotatable bonds is 9. The number of carboxylic acids is 1. The summed E-state index contributed by atoms with van der Waals surface area (Å²) in [4.78, 5) is 26.2. The molecule has 10 nitrogen and oxygen atoms in total. The molecule has 0 amide bonds. The van der Waals surface area contributed by atoms with Crippen LogP contribution >= 0.6 is 0 Å². The second-order valence-corrected chi connectivity index (χ2v) is 4.42. The number of hydrogen-bond donors (Lipinski definition) is 1. The summed E-state index contributed by atoms with van der Waals surface area (Å²) in [6.07, 6.45) is -2.13. The number of hydrogen-bond acceptors (Lipinski definition) is 7. The Hall–Kier alpha value is -2.26. The average molecular weight is 307 g/mol. The van der Waals surface area contributed by atoms with Crippen molar-refractivity contribution in [1.29, 1.82) is 0 Å². The van der Waals surface area contributed by atoms with Gasteiger partial charge in [0.15, 0.2) is 0 Å². The molecule has 0 aliphatic heterocycles. The van der Waals surface area contributed by atoms with Crippen molar-refractivity contribution in [2.75, 3.05) is 13.6 Å². The van der Waals surface area contributed by atoms with E-state index in [2.05, 4.69) is 14.9 Å². The lowest BCUT2D eigenvalue weighted by Gasteiger charge is -2.14. The fourth-order valence-electron chi connectivity index (χ4n) is 1.09. The number of carbonyl (C=O) groups excluding carboxylic acids is 1. The Morgan fingerprint density at radius 2 is 1.95 bits per heavy atom. The van der Waals surface area contributed by atoms with E-state index in [1.165, 1.54) is 14.0 Å². The van der Waals surface area contributed by atoms with E-state index in [4.69, 9.17) is 9.84 Å². The van der Waals surface area contributed by atoms with Crippen molar-refractivity contribution >= 4 is 12.1 Å². The lowest BCUT2D eigenvalue weighted by molar-refractivity contribution is -0.707. The van der Waals surface area contributed by atoms with Crippen molar-refractivity contribution in [3.63, 3.8) is 0 Å². The highest BCUT2D eigenvalue weighted by atomic mass is 16.8. The fraction of sp³-hybridized carbons (Fsp3) is 0.818. The van der Waals surface area contributed by atoms with Crippen LogP contribution in [-0.4, -0.2) is 53.2 Å². The minimum Gasteiger partial charge on any atom is -0.569 e. The van der Waals surface area contributed by atoms with Crippen LogP contribution in [0.2, 0.25) is 0 Å². The molecule has 1 atom stereocenters. The summed E-state index contributed by atoms with van der Waals surface area (Å²) < 4.78 is 9.38. The number of carbonyl (C=O) groups is 2.